The van der Waals surface area contributed by atoms with Gasteiger partial charge in [-0.05, 0) is 56.2 Å². The lowest BCUT2D eigenvalue weighted by atomic mass is 9.60. The molecule has 0 saturated carbocycles. The topological polar surface area (TPSA) is 9.23 Å². The van der Waals surface area contributed by atoms with E-state index in [4.69, 9.17) is 4.74 Å². The molecular weight excluding hydrogens is 364 g/mol. The van der Waals surface area contributed by atoms with E-state index in [1.807, 2.05) is 0 Å². The minimum atomic E-state index is -0.279. The van der Waals surface area contributed by atoms with E-state index in [-0.39, 0.29) is 11.0 Å². The first-order chi connectivity index (χ1) is 14.2. The average molecular weight is 413 g/mol. The van der Waals surface area contributed by atoms with Gasteiger partial charge < -0.3 is 4.74 Å². The monoisotopic (exact) mass is 412 g/mol. The number of rotatable bonds is 11. The fraction of sp³-hybridized carbons (Fsp3) is 0.724. The van der Waals surface area contributed by atoms with Gasteiger partial charge in [-0.15, -0.1) is 0 Å². The molecule has 0 radical (unpaired) electrons. The van der Waals surface area contributed by atoms with Crippen LogP contribution in [0.5, 0.6) is 5.75 Å². The van der Waals surface area contributed by atoms with Gasteiger partial charge in [0.25, 0.3) is 0 Å². The number of hydrogen-bond donors (Lipinski definition) is 0. The van der Waals surface area contributed by atoms with Crippen LogP contribution in [0.25, 0.3) is 0 Å². The van der Waals surface area contributed by atoms with Crippen LogP contribution in [0.1, 0.15) is 125 Å². The van der Waals surface area contributed by atoms with Gasteiger partial charge in [-0.1, -0.05) is 110 Å². The second-order valence-electron chi connectivity index (χ2n) is 10.6. The third kappa shape index (κ3) is 5.32. The number of hydrogen-bond acceptors (Lipinski definition) is 1. The van der Waals surface area contributed by atoms with E-state index < -0.39 is 0 Å². The molecule has 0 aromatic heterocycles. The van der Waals surface area contributed by atoms with Crippen LogP contribution in [-0.4, -0.2) is 5.60 Å². The Morgan fingerprint density at radius 3 is 2.13 bits per heavy atom. The zero-order chi connectivity index (χ0) is 22.4. The van der Waals surface area contributed by atoms with Crippen molar-refractivity contribution in [2.75, 3.05) is 0 Å². The van der Waals surface area contributed by atoms with Gasteiger partial charge in [0.05, 0.1) is 0 Å². The molecule has 0 N–H and O–H groups in total. The molecular formula is C29H48O. The maximum Gasteiger partial charge on any atom is 0.133 e. The highest BCUT2D eigenvalue weighted by atomic mass is 16.5. The highest BCUT2D eigenvalue weighted by molar-refractivity contribution is 5.44. The van der Waals surface area contributed by atoms with E-state index in [0.29, 0.717) is 11.8 Å². The fourth-order valence-electron chi connectivity index (χ4n) is 5.19. The fourth-order valence-corrected chi connectivity index (χ4v) is 5.19. The van der Waals surface area contributed by atoms with Gasteiger partial charge in [0.1, 0.15) is 11.4 Å². The number of para-hydroxylation sites is 1. The number of unbranched alkanes of at least 4 members (excludes halogenated alkanes) is 7. The summed E-state index contributed by atoms with van der Waals surface area (Å²) in [6, 6.07) is 8.61. The van der Waals surface area contributed by atoms with Gasteiger partial charge in [-0.2, -0.15) is 0 Å². The first-order valence-corrected chi connectivity index (χ1v) is 12.6. The summed E-state index contributed by atoms with van der Waals surface area (Å²) in [6.07, 6.45) is 12.4. The molecule has 2 rings (SSSR count). The van der Waals surface area contributed by atoms with E-state index in [2.05, 4.69) is 79.7 Å². The molecule has 0 amide bonds. The third-order valence-corrected chi connectivity index (χ3v) is 8.55. The molecule has 1 heterocycles. The van der Waals surface area contributed by atoms with Crippen molar-refractivity contribution in [1.82, 2.24) is 0 Å². The van der Waals surface area contributed by atoms with Crippen molar-refractivity contribution < 1.29 is 4.74 Å². The average Bonchev–Trinajstić information content (AvgIpc) is 2.73. The van der Waals surface area contributed by atoms with Crippen LogP contribution in [-0.2, 0) is 0 Å². The predicted octanol–water partition coefficient (Wildman–Crippen LogP) is 9.47. The van der Waals surface area contributed by atoms with Crippen LogP contribution >= 0.6 is 0 Å². The normalized spacial score (nSPS) is 24.6. The lowest BCUT2D eigenvalue weighted by Gasteiger charge is -2.53. The predicted molar refractivity (Wildman–Crippen MR) is 132 cm³/mol. The molecule has 1 heteroatoms. The highest BCUT2D eigenvalue weighted by Gasteiger charge is 2.52. The molecule has 170 valence electrons. The quantitative estimate of drug-likeness (QED) is 0.260. The van der Waals surface area contributed by atoms with Crippen molar-refractivity contribution in [3.05, 3.63) is 41.0 Å². The number of ether oxygens (including phenoxy) is 1. The first kappa shape index (κ1) is 25.0. The van der Waals surface area contributed by atoms with Crippen LogP contribution in [0, 0.1) is 11.3 Å². The van der Waals surface area contributed by atoms with Crippen LogP contribution in [0.2, 0.25) is 0 Å². The van der Waals surface area contributed by atoms with Crippen molar-refractivity contribution in [2.24, 2.45) is 11.3 Å². The van der Waals surface area contributed by atoms with E-state index >= 15 is 0 Å². The third-order valence-electron chi connectivity index (χ3n) is 8.55. The molecule has 0 fully saturated rings. The Bertz CT molecular complexity index is 698. The van der Waals surface area contributed by atoms with Gasteiger partial charge in [0.15, 0.2) is 0 Å². The minimum absolute atomic E-state index is 0.0326. The van der Waals surface area contributed by atoms with E-state index in [1.165, 1.54) is 74.5 Å². The molecule has 0 bridgehead atoms. The summed E-state index contributed by atoms with van der Waals surface area (Å²) >= 11 is 0. The summed E-state index contributed by atoms with van der Waals surface area (Å²) < 4.78 is 6.77. The molecule has 0 saturated heterocycles. The Morgan fingerprint density at radius 2 is 1.50 bits per heavy atom. The van der Waals surface area contributed by atoms with Gasteiger partial charge >= 0.3 is 0 Å². The molecule has 1 aliphatic heterocycles. The minimum Gasteiger partial charge on any atom is -0.482 e. The maximum absolute atomic E-state index is 6.77. The Balaban J connectivity index is 2.02. The lowest BCUT2D eigenvalue weighted by molar-refractivity contribution is -0.0295. The van der Waals surface area contributed by atoms with Crippen LogP contribution in [0.15, 0.2) is 35.4 Å². The van der Waals surface area contributed by atoms with Crippen molar-refractivity contribution in [3.8, 4) is 5.75 Å². The van der Waals surface area contributed by atoms with Crippen molar-refractivity contribution in [1.29, 1.82) is 0 Å². The Hall–Kier alpha value is -1.24. The SMILES string of the molecule is CCCCCCCCCCC(C)C(C)=C(C)C1(C)Oc2ccccc2C(C)C1(C)C. The standard InChI is InChI=1S/C29H48O/c1-9-10-11-12-13-14-15-16-19-22(2)23(3)24(4)29(8)28(6,7)25(5)26-20-17-18-21-27(26)30-29/h17-18,20-22,25H,9-16,19H2,1-8H3. The summed E-state index contributed by atoms with van der Waals surface area (Å²) in [7, 11) is 0. The second-order valence-corrected chi connectivity index (χ2v) is 10.6. The maximum atomic E-state index is 6.77. The van der Waals surface area contributed by atoms with Crippen LogP contribution < -0.4 is 4.74 Å². The zero-order valence-electron chi connectivity index (χ0n) is 21.2. The summed E-state index contributed by atoms with van der Waals surface area (Å²) in [5.74, 6) is 2.14. The largest absolute Gasteiger partial charge is 0.482 e. The van der Waals surface area contributed by atoms with Gasteiger partial charge in [0, 0.05) is 5.41 Å². The zero-order valence-corrected chi connectivity index (χ0v) is 21.2. The second kappa shape index (κ2) is 10.9. The summed E-state index contributed by atoms with van der Waals surface area (Å²) in [5.41, 5.74) is 4.06. The number of fused-ring (bicyclic) bond motifs is 1. The number of benzene rings is 1. The lowest BCUT2D eigenvalue weighted by Crippen LogP contribution is -2.53. The molecule has 0 aliphatic carbocycles. The molecule has 1 nitrogen and oxygen atoms in total. The van der Waals surface area contributed by atoms with Crippen molar-refractivity contribution >= 4 is 0 Å². The molecule has 3 unspecified atom stereocenters. The highest BCUT2D eigenvalue weighted by Crippen LogP contribution is 2.55. The smallest absolute Gasteiger partial charge is 0.133 e. The van der Waals surface area contributed by atoms with Gasteiger partial charge in [-0.25, -0.2) is 0 Å². The van der Waals surface area contributed by atoms with Crippen LogP contribution in [0.3, 0.4) is 0 Å². The summed E-state index contributed by atoms with van der Waals surface area (Å²) in [5, 5.41) is 0. The van der Waals surface area contributed by atoms with Crippen LogP contribution in [0.4, 0.5) is 0 Å². The van der Waals surface area contributed by atoms with Crippen molar-refractivity contribution in [2.45, 2.75) is 125 Å². The molecule has 1 aromatic carbocycles. The Labute approximate surface area is 187 Å². The Morgan fingerprint density at radius 1 is 0.933 bits per heavy atom. The first-order valence-electron chi connectivity index (χ1n) is 12.6. The molecule has 30 heavy (non-hydrogen) atoms. The van der Waals surface area contributed by atoms with Gasteiger partial charge in [-0.3, -0.25) is 0 Å². The number of allylic oxidation sites excluding steroid dienone is 1. The summed E-state index contributed by atoms with van der Waals surface area (Å²) in [4.78, 5) is 0. The van der Waals surface area contributed by atoms with E-state index in [1.54, 1.807) is 0 Å². The van der Waals surface area contributed by atoms with E-state index in [9.17, 15) is 0 Å². The molecule has 1 aliphatic rings. The molecule has 0 spiro atoms. The summed E-state index contributed by atoms with van der Waals surface area (Å²) in [6.45, 7) is 18.8. The van der Waals surface area contributed by atoms with Crippen molar-refractivity contribution in [3.63, 3.8) is 0 Å². The molecule has 3 atom stereocenters. The van der Waals surface area contributed by atoms with E-state index in [0.717, 1.165) is 5.75 Å². The van der Waals surface area contributed by atoms with Gasteiger partial charge in [0.2, 0.25) is 0 Å². The Kier molecular flexibility index (Phi) is 9.07. The molecule has 1 aromatic rings.